The van der Waals surface area contributed by atoms with Gasteiger partial charge in [0.15, 0.2) is 0 Å². The molecule has 0 aliphatic carbocycles. The third-order valence-corrected chi connectivity index (χ3v) is 4.40. The van der Waals surface area contributed by atoms with Crippen molar-refractivity contribution in [1.29, 1.82) is 0 Å². The van der Waals surface area contributed by atoms with Crippen LogP contribution in [0.15, 0.2) is 58.4 Å². The van der Waals surface area contributed by atoms with Gasteiger partial charge in [-0.3, -0.25) is 4.79 Å². The third kappa shape index (κ3) is 2.65. The highest BCUT2D eigenvalue weighted by atomic mass is 16.1. The molecule has 2 heterocycles. The average molecular weight is 345 g/mol. The van der Waals surface area contributed by atoms with Crippen LogP contribution < -0.4 is 10.5 Å². The van der Waals surface area contributed by atoms with Gasteiger partial charge in [-0.25, -0.2) is 4.98 Å². The lowest BCUT2D eigenvalue weighted by molar-refractivity contribution is 0.770. The zero-order valence-electron chi connectivity index (χ0n) is 14.9. The Morgan fingerprint density at radius 1 is 1.12 bits per heavy atom. The number of fused-ring (bicyclic) bond motifs is 3. The molecule has 0 fully saturated rings. The number of hydrogen-bond donors (Lipinski definition) is 1. The summed E-state index contributed by atoms with van der Waals surface area (Å²) in [6, 6.07) is 15.7. The molecular weight excluding hydrogens is 326 g/mol. The molecule has 0 unspecified atom stereocenters. The Bertz CT molecular complexity index is 1180. The zero-order valence-corrected chi connectivity index (χ0v) is 14.9. The van der Waals surface area contributed by atoms with E-state index >= 15 is 0 Å². The van der Waals surface area contributed by atoms with E-state index in [1.54, 1.807) is 13.1 Å². The highest BCUT2D eigenvalue weighted by Crippen LogP contribution is 2.21. The minimum absolute atomic E-state index is 0.204. The van der Waals surface area contributed by atoms with Crippen molar-refractivity contribution in [3.63, 3.8) is 0 Å². The third-order valence-electron chi connectivity index (χ3n) is 4.40. The molecule has 0 aliphatic heterocycles. The van der Waals surface area contributed by atoms with Crippen LogP contribution in [0.1, 0.15) is 11.4 Å². The number of anilines is 1. The molecule has 0 spiro atoms. The summed E-state index contributed by atoms with van der Waals surface area (Å²) >= 11 is 0. The Morgan fingerprint density at radius 3 is 2.58 bits per heavy atom. The van der Waals surface area contributed by atoms with Crippen molar-refractivity contribution in [1.82, 2.24) is 14.6 Å². The first kappa shape index (κ1) is 16.1. The highest BCUT2D eigenvalue weighted by molar-refractivity contribution is 6.04. The molecule has 26 heavy (non-hydrogen) atoms. The van der Waals surface area contributed by atoms with Crippen LogP contribution >= 0.6 is 0 Å². The molecule has 0 amide bonds. The molecule has 6 nitrogen and oxygen atoms in total. The fourth-order valence-electron chi connectivity index (χ4n) is 2.98. The lowest BCUT2D eigenvalue weighted by Crippen LogP contribution is -2.20. The molecule has 0 radical (unpaired) electrons. The number of aromatic amines is 1. The first-order chi connectivity index (χ1) is 12.5. The van der Waals surface area contributed by atoms with Crippen molar-refractivity contribution in [2.75, 3.05) is 19.0 Å². The summed E-state index contributed by atoms with van der Waals surface area (Å²) in [6.45, 7) is 1.79. The second-order valence-electron chi connectivity index (χ2n) is 6.40. The standard InChI is InChI=1S/C20H19N5O/c1-13-22-18-16-6-4-5-7-17(16)23-19(18)20(26)25(13)21-12-14-8-10-15(11-9-14)24(2)3/h4-12,23H,1-3H3/b21-12-. The van der Waals surface area contributed by atoms with Gasteiger partial charge < -0.3 is 9.88 Å². The molecule has 2 aromatic carbocycles. The number of nitrogens with one attached hydrogen (secondary N) is 1. The van der Waals surface area contributed by atoms with Gasteiger partial charge in [-0.05, 0) is 30.7 Å². The number of nitrogens with zero attached hydrogens (tertiary/aromatic N) is 4. The Labute approximate surface area is 150 Å². The van der Waals surface area contributed by atoms with Crippen molar-refractivity contribution in [2.45, 2.75) is 6.92 Å². The molecule has 4 rings (SSSR count). The Balaban J connectivity index is 1.79. The Morgan fingerprint density at radius 2 is 1.85 bits per heavy atom. The fourth-order valence-corrected chi connectivity index (χ4v) is 2.98. The second kappa shape index (κ2) is 6.15. The minimum atomic E-state index is -0.204. The normalized spacial score (nSPS) is 11.7. The molecule has 2 aromatic heterocycles. The predicted octanol–water partition coefficient (Wildman–Crippen LogP) is 3.13. The topological polar surface area (TPSA) is 66.3 Å². The van der Waals surface area contributed by atoms with Crippen LogP contribution in [0.2, 0.25) is 0 Å². The molecule has 0 saturated heterocycles. The van der Waals surface area contributed by atoms with Crippen LogP contribution in [0.4, 0.5) is 5.69 Å². The summed E-state index contributed by atoms with van der Waals surface area (Å²) in [5.41, 5.74) is 3.87. The molecule has 4 aromatic rings. The van der Waals surface area contributed by atoms with E-state index in [0.717, 1.165) is 22.2 Å². The van der Waals surface area contributed by atoms with Gasteiger partial charge in [0.25, 0.3) is 5.56 Å². The van der Waals surface area contributed by atoms with E-state index in [0.29, 0.717) is 16.9 Å². The monoisotopic (exact) mass is 345 g/mol. The van der Waals surface area contributed by atoms with Crippen molar-refractivity contribution in [3.8, 4) is 0 Å². The zero-order chi connectivity index (χ0) is 18.3. The molecular formula is C20H19N5O. The number of aromatic nitrogens is 3. The first-order valence-electron chi connectivity index (χ1n) is 8.36. The largest absolute Gasteiger partial charge is 0.378 e. The lowest BCUT2D eigenvalue weighted by atomic mass is 10.2. The summed E-state index contributed by atoms with van der Waals surface area (Å²) in [5.74, 6) is 0.549. The van der Waals surface area contributed by atoms with E-state index in [2.05, 4.69) is 15.1 Å². The maximum atomic E-state index is 12.9. The molecule has 0 bridgehead atoms. The number of benzene rings is 2. The number of aryl methyl sites for hydroxylation is 1. The maximum absolute atomic E-state index is 12.9. The minimum Gasteiger partial charge on any atom is -0.378 e. The molecule has 6 heteroatoms. The molecule has 0 saturated carbocycles. The Kier molecular flexibility index (Phi) is 3.80. The Hall–Kier alpha value is -3.41. The average Bonchev–Trinajstić information content (AvgIpc) is 3.01. The molecule has 130 valence electrons. The quantitative estimate of drug-likeness (QED) is 0.580. The van der Waals surface area contributed by atoms with Gasteiger partial charge in [0.1, 0.15) is 16.9 Å². The number of H-pyrrole nitrogens is 1. The summed E-state index contributed by atoms with van der Waals surface area (Å²) in [6.07, 6.45) is 1.67. The van der Waals surface area contributed by atoms with Crippen LogP contribution in [0, 0.1) is 6.92 Å². The second-order valence-corrected chi connectivity index (χ2v) is 6.40. The summed E-state index contributed by atoms with van der Waals surface area (Å²) in [5, 5.41) is 5.30. The van der Waals surface area contributed by atoms with Gasteiger partial charge in [-0.2, -0.15) is 9.78 Å². The van der Waals surface area contributed by atoms with E-state index in [9.17, 15) is 4.79 Å². The number of para-hydroxylation sites is 1. The van der Waals surface area contributed by atoms with Gasteiger partial charge in [-0.15, -0.1) is 0 Å². The number of rotatable bonds is 3. The smallest absolute Gasteiger partial charge is 0.298 e. The van der Waals surface area contributed by atoms with Crippen LogP contribution in [0.25, 0.3) is 21.9 Å². The van der Waals surface area contributed by atoms with Crippen molar-refractivity contribution < 1.29 is 0 Å². The predicted molar refractivity (Wildman–Crippen MR) is 106 cm³/mol. The first-order valence-corrected chi connectivity index (χ1v) is 8.36. The van der Waals surface area contributed by atoms with Crippen LogP contribution in [-0.4, -0.2) is 35.0 Å². The number of hydrogen-bond acceptors (Lipinski definition) is 4. The van der Waals surface area contributed by atoms with Gasteiger partial charge in [0, 0.05) is 30.7 Å². The molecule has 0 aliphatic rings. The van der Waals surface area contributed by atoms with E-state index in [4.69, 9.17) is 0 Å². The van der Waals surface area contributed by atoms with Crippen molar-refractivity contribution in [2.24, 2.45) is 5.10 Å². The van der Waals surface area contributed by atoms with Gasteiger partial charge in [0.2, 0.25) is 0 Å². The summed E-state index contributed by atoms with van der Waals surface area (Å²) in [7, 11) is 3.99. The van der Waals surface area contributed by atoms with Crippen molar-refractivity contribution >= 4 is 33.8 Å². The highest BCUT2D eigenvalue weighted by Gasteiger charge is 2.12. The van der Waals surface area contributed by atoms with Gasteiger partial charge in [0.05, 0.1) is 6.21 Å². The van der Waals surface area contributed by atoms with E-state index < -0.39 is 0 Å². The molecule has 1 N–H and O–H groups in total. The van der Waals surface area contributed by atoms with E-state index in [-0.39, 0.29) is 5.56 Å². The van der Waals surface area contributed by atoms with Crippen LogP contribution in [0.3, 0.4) is 0 Å². The van der Waals surface area contributed by atoms with Gasteiger partial charge >= 0.3 is 0 Å². The van der Waals surface area contributed by atoms with E-state index in [1.807, 2.05) is 67.5 Å². The molecule has 0 atom stereocenters. The maximum Gasteiger partial charge on any atom is 0.298 e. The van der Waals surface area contributed by atoms with Crippen molar-refractivity contribution in [3.05, 3.63) is 70.3 Å². The van der Waals surface area contributed by atoms with Gasteiger partial charge in [-0.1, -0.05) is 30.3 Å². The fraction of sp³-hybridized carbons (Fsp3) is 0.150. The van der Waals surface area contributed by atoms with E-state index in [1.165, 1.54) is 4.68 Å². The summed E-state index contributed by atoms with van der Waals surface area (Å²) < 4.78 is 1.33. The lowest BCUT2D eigenvalue weighted by Gasteiger charge is -2.11. The summed E-state index contributed by atoms with van der Waals surface area (Å²) in [4.78, 5) is 22.6. The van der Waals surface area contributed by atoms with Crippen LogP contribution in [-0.2, 0) is 0 Å². The van der Waals surface area contributed by atoms with Crippen LogP contribution in [0.5, 0.6) is 0 Å². The SMILES string of the molecule is Cc1nc2c([nH]c3ccccc32)c(=O)n1/N=C\c1ccc(N(C)C)cc1.